The summed E-state index contributed by atoms with van der Waals surface area (Å²) in [5.74, 6) is 1.52. The minimum atomic E-state index is 0.641. The highest BCUT2D eigenvalue weighted by Crippen LogP contribution is 2.29. The highest BCUT2D eigenvalue weighted by molar-refractivity contribution is 5.43. The van der Waals surface area contributed by atoms with Gasteiger partial charge in [0.25, 0.3) is 0 Å². The number of hydrogen-bond acceptors (Lipinski definition) is 4. The van der Waals surface area contributed by atoms with Gasteiger partial charge < -0.3 is 15.0 Å². The van der Waals surface area contributed by atoms with Gasteiger partial charge in [0, 0.05) is 36.7 Å². The largest absolute Gasteiger partial charge is 0.438 e. The zero-order chi connectivity index (χ0) is 16.1. The van der Waals surface area contributed by atoms with Crippen LogP contribution in [0.1, 0.15) is 22.4 Å². The third-order valence-corrected chi connectivity index (χ3v) is 3.64. The summed E-state index contributed by atoms with van der Waals surface area (Å²) in [6.07, 6.45) is 5.24. The van der Waals surface area contributed by atoms with Crippen molar-refractivity contribution in [3.8, 4) is 11.6 Å². The van der Waals surface area contributed by atoms with E-state index in [1.54, 1.807) is 12.5 Å². The lowest BCUT2D eigenvalue weighted by molar-refractivity contribution is 0.446. The summed E-state index contributed by atoms with van der Waals surface area (Å²) < 4.78 is 6.09. The average Bonchev–Trinajstić information content (AvgIpc) is 3.06. The maximum Gasteiger partial charge on any atom is 0.223 e. The molecule has 118 valence electrons. The molecule has 2 heterocycles. The molecule has 0 aliphatic heterocycles. The normalized spacial score (nSPS) is 10.7. The van der Waals surface area contributed by atoms with Crippen molar-refractivity contribution >= 4 is 0 Å². The molecule has 0 fully saturated rings. The fourth-order valence-electron chi connectivity index (χ4n) is 2.42. The molecule has 0 bridgehead atoms. The Morgan fingerprint density at radius 1 is 1.09 bits per heavy atom. The fourth-order valence-corrected chi connectivity index (χ4v) is 2.42. The van der Waals surface area contributed by atoms with E-state index in [1.807, 2.05) is 50.4 Å². The topological polar surface area (TPSA) is 62.8 Å². The third kappa shape index (κ3) is 3.76. The first-order valence-corrected chi connectivity index (χ1v) is 7.60. The van der Waals surface area contributed by atoms with Gasteiger partial charge in [-0.2, -0.15) is 0 Å². The molecule has 0 aliphatic carbocycles. The number of benzene rings is 1. The summed E-state index contributed by atoms with van der Waals surface area (Å²) >= 11 is 0. The molecule has 0 radical (unpaired) electrons. The van der Waals surface area contributed by atoms with Gasteiger partial charge in [-0.3, -0.25) is 0 Å². The second-order valence-corrected chi connectivity index (χ2v) is 5.47. The summed E-state index contributed by atoms with van der Waals surface area (Å²) in [7, 11) is 0. The van der Waals surface area contributed by atoms with Crippen molar-refractivity contribution in [2.24, 2.45) is 0 Å². The number of aryl methyl sites for hydroxylation is 2. The monoisotopic (exact) mass is 308 g/mol. The molecule has 1 aromatic carbocycles. The van der Waals surface area contributed by atoms with Gasteiger partial charge in [0.05, 0.1) is 6.33 Å². The quantitative estimate of drug-likeness (QED) is 0.731. The van der Waals surface area contributed by atoms with Crippen LogP contribution in [-0.2, 0) is 13.1 Å². The van der Waals surface area contributed by atoms with Crippen LogP contribution in [0.4, 0.5) is 0 Å². The van der Waals surface area contributed by atoms with Crippen LogP contribution in [0.3, 0.4) is 0 Å². The number of imidazole rings is 1. The highest BCUT2D eigenvalue weighted by atomic mass is 16.5. The number of nitrogens with zero attached hydrogens (tertiary/aromatic N) is 2. The molecule has 0 atom stereocenters. The van der Waals surface area contributed by atoms with Crippen LogP contribution in [0.15, 0.2) is 49.1 Å². The van der Waals surface area contributed by atoms with Gasteiger partial charge in [0.2, 0.25) is 5.88 Å². The van der Waals surface area contributed by atoms with Crippen LogP contribution in [0.2, 0.25) is 0 Å². The van der Waals surface area contributed by atoms with Crippen molar-refractivity contribution < 1.29 is 4.74 Å². The Labute approximate surface area is 135 Å². The first kappa shape index (κ1) is 15.2. The lowest BCUT2D eigenvalue weighted by Gasteiger charge is -2.14. The van der Waals surface area contributed by atoms with Gasteiger partial charge in [0.15, 0.2) is 0 Å². The molecule has 3 rings (SSSR count). The number of aromatic nitrogens is 3. The molecule has 0 amide bonds. The molecule has 5 nitrogen and oxygen atoms in total. The molecule has 0 aliphatic rings. The van der Waals surface area contributed by atoms with E-state index in [0.717, 1.165) is 34.7 Å². The molecule has 0 spiro atoms. The first-order chi connectivity index (χ1) is 11.2. The van der Waals surface area contributed by atoms with E-state index in [-0.39, 0.29) is 0 Å². The van der Waals surface area contributed by atoms with Crippen molar-refractivity contribution in [2.75, 3.05) is 0 Å². The maximum absolute atomic E-state index is 6.09. The second kappa shape index (κ2) is 7.07. The first-order valence-electron chi connectivity index (χ1n) is 7.60. The van der Waals surface area contributed by atoms with E-state index in [2.05, 4.69) is 20.3 Å². The summed E-state index contributed by atoms with van der Waals surface area (Å²) in [4.78, 5) is 11.5. The lowest BCUT2D eigenvalue weighted by Crippen LogP contribution is -2.14. The number of rotatable bonds is 6. The van der Waals surface area contributed by atoms with Crippen LogP contribution >= 0.6 is 0 Å². The zero-order valence-corrected chi connectivity index (χ0v) is 13.3. The van der Waals surface area contributed by atoms with Gasteiger partial charge in [-0.1, -0.05) is 24.3 Å². The number of aromatic amines is 1. The van der Waals surface area contributed by atoms with Crippen molar-refractivity contribution in [2.45, 2.75) is 26.9 Å². The Morgan fingerprint density at radius 2 is 1.91 bits per heavy atom. The summed E-state index contributed by atoms with van der Waals surface area (Å²) in [6.45, 7) is 5.48. The van der Waals surface area contributed by atoms with E-state index in [1.165, 1.54) is 0 Å². The molecular weight excluding hydrogens is 288 g/mol. The number of pyridine rings is 1. The SMILES string of the molecule is Cc1cccc(C)c1Oc1ncccc1CNCc1cnc[nH]1. The smallest absolute Gasteiger partial charge is 0.223 e. The van der Waals surface area contributed by atoms with E-state index in [9.17, 15) is 0 Å². The molecule has 0 saturated carbocycles. The van der Waals surface area contributed by atoms with Crippen LogP contribution in [0, 0.1) is 13.8 Å². The van der Waals surface area contributed by atoms with Gasteiger partial charge in [0.1, 0.15) is 5.75 Å². The molecular formula is C18H20N4O. The number of ether oxygens (including phenoxy) is 1. The molecule has 0 saturated heterocycles. The highest BCUT2D eigenvalue weighted by Gasteiger charge is 2.10. The zero-order valence-electron chi connectivity index (χ0n) is 13.3. The van der Waals surface area contributed by atoms with E-state index < -0.39 is 0 Å². The minimum absolute atomic E-state index is 0.641. The predicted molar refractivity (Wildman–Crippen MR) is 89.4 cm³/mol. The Hall–Kier alpha value is -2.66. The Bertz CT molecular complexity index is 748. The number of nitrogens with one attached hydrogen (secondary N) is 2. The summed E-state index contributed by atoms with van der Waals surface area (Å²) in [5.41, 5.74) is 4.28. The van der Waals surface area contributed by atoms with Crippen LogP contribution in [-0.4, -0.2) is 15.0 Å². The van der Waals surface area contributed by atoms with Gasteiger partial charge in [-0.15, -0.1) is 0 Å². The number of H-pyrrole nitrogens is 1. The average molecular weight is 308 g/mol. The standard InChI is InChI=1S/C18H20N4O/c1-13-5-3-6-14(2)17(13)23-18-15(7-4-8-21-18)9-19-10-16-11-20-12-22-16/h3-8,11-12,19H,9-10H2,1-2H3,(H,20,22). The van der Waals surface area contributed by atoms with E-state index in [0.29, 0.717) is 12.4 Å². The summed E-state index contributed by atoms with van der Waals surface area (Å²) in [5, 5.41) is 3.37. The van der Waals surface area contributed by atoms with Crippen LogP contribution in [0.5, 0.6) is 11.6 Å². The van der Waals surface area contributed by atoms with Crippen molar-refractivity contribution in [3.63, 3.8) is 0 Å². The van der Waals surface area contributed by atoms with E-state index in [4.69, 9.17) is 4.74 Å². The fraction of sp³-hybridized carbons (Fsp3) is 0.222. The number of para-hydroxylation sites is 1. The van der Waals surface area contributed by atoms with Crippen LogP contribution in [0.25, 0.3) is 0 Å². The Kier molecular flexibility index (Phi) is 4.68. The van der Waals surface area contributed by atoms with Gasteiger partial charge in [-0.05, 0) is 31.0 Å². The lowest BCUT2D eigenvalue weighted by atomic mass is 10.1. The Morgan fingerprint density at radius 3 is 2.65 bits per heavy atom. The van der Waals surface area contributed by atoms with Crippen LogP contribution < -0.4 is 10.1 Å². The minimum Gasteiger partial charge on any atom is -0.438 e. The van der Waals surface area contributed by atoms with Gasteiger partial charge in [-0.25, -0.2) is 9.97 Å². The molecule has 5 heteroatoms. The second-order valence-electron chi connectivity index (χ2n) is 5.47. The molecule has 0 unspecified atom stereocenters. The van der Waals surface area contributed by atoms with Crippen molar-refractivity contribution in [3.05, 3.63) is 71.4 Å². The molecule has 3 aromatic rings. The molecule has 23 heavy (non-hydrogen) atoms. The summed E-state index contributed by atoms with van der Waals surface area (Å²) in [6, 6.07) is 10.1. The molecule has 2 N–H and O–H groups in total. The third-order valence-electron chi connectivity index (χ3n) is 3.64. The Balaban J connectivity index is 1.72. The van der Waals surface area contributed by atoms with Crippen molar-refractivity contribution in [1.29, 1.82) is 0 Å². The predicted octanol–water partition coefficient (Wildman–Crippen LogP) is 3.50. The number of hydrogen-bond donors (Lipinski definition) is 2. The maximum atomic E-state index is 6.09. The van der Waals surface area contributed by atoms with Crippen molar-refractivity contribution in [1.82, 2.24) is 20.3 Å². The molecule has 2 aromatic heterocycles. The van der Waals surface area contributed by atoms with E-state index >= 15 is 0 Å². The van der Waals surface area contributed by atoms with Gasteiger partial charge >= 0.3 is 0 Å².